The number of rotatable bonds is 7. The number of amides is 2. The number of morpholine rings is 1. The van der Waals surface area contributed by atoms with Crippen LogP contribution in [0.1, 0.15) is 62.5 Å². The van der Waals surface area contributed by atoms with E-state index in [9.17, 15) is 27.6 Å². The van der Waals surface area contributed by atoms with E-state index in [1.807, 2.05) is 0 Å². The number of carbonyl (C=O) groups is 3. The summed E-state index contributed by atoms with van der Waals surface area (Å²) >= 11 is 0. The highest BCUT2D eigenvalue weighted by atomic mass is 19.4. The van der Waals surface area contributed by atoms with Crippen molar-refractivity contribution in [2.24, 2.45) is 23.5 Å². The molecular weight excluding hydrogens is 461 g/mol. The van der Waals surface area contributed by atoms with Crippen molar-refractivity contribution in [2.75, 3.05) is 26.3 Å². The first-order chi connectivity index (χ1) is 16.0. The summed E-state index contributed by atoms with van der Waals surface area (Å²) in [5.74, 6) is -6.51. The Labute approximate surface area is 194 Å². The maximum atomic E-state index is 13.8. The van der Waals surface area contributed by atoms with Gasteiger partial charge in [0.15, 0.2) is 5.60 Å². The lowest BCUT2D eigenvalue weighted by Crippen LogP contribution is -2.61. The zero-order valence-corrected chi connectivity index (χ0v) is 19.1. The number of aromatic nitrogens is 2. The van der Waals surface area contributed by atoms with Crippen LogP contribution < -0.4 is 5.73 Å². The zero-order chi connectivity index (χ0) is 25.1. The number of ketones is 1. The van der Waals surface area contributed by atoms with Crippen LogP contribution in [0.3, 0.4) is 0 Å². The lowest BCUT2D eigenvalue weighted by atomic mass is 9.66. The Bertz CT molecular complexity index is 895. The Morgan fingerprint density at radius 3 is 2.26 bits per heavy atom. The lowest BCUT2D eigenvalue weighted by molar-refractivity contribution is -0.159. The van der Waals surface area contributed by atoms with Crippen LogP contribution in [0, 0.1) is 17.8 Å². The van der Waals surface area contributed by atoms with Crippen molar-refractivity contribution in [2.45, 2.75) is 57.7 Å². The molecule has 2 heterocycles. The number of hydrogen-bond donors (Lipinski definition) is 1. The van der Waals surface area contributed by atoms with E-state index in [1.165, 1.54) is 11.8 Å². The molecule has 13 heteroatoms. The van der Waals surface area contributed by atoms with Gasteiger partial charge in [-0.2, -0.15) is 18.2 Å². The average molecular weight is 490 g/mol. The molecule has 3 rings (SSSR count). The van der Waals surface area contributed by atoms with Gasteiger partial charge in [-0.05, 0) is 12.8 Å². The summed E-state index contributed by atoms with van der Waals surface area (Å²) in [4.78, 5) is 44.0. The fourth-order valence-corrected chi connectivity index (χ4v) is 5.02. The van der Waals surface area contributed by atoms with E-state index in [0.717, 1.165) is 19.3 Å². The predicted octanol–water partition coefficient (Wildman–Crippen LogP) is 2.82. The van der Waals surface area contributed by atoms with E-state index in [1.54, 1.807) is 6.92 Å². The summed E-state index contributed by atoms with van der Waals surface area (Å²) in [5.41, 5.74) is 3.12. The maximum absolute atomic E-state index is 13.8. The molecule has 3 unspecified atom stereocenters. The molecule has 2 fully saturated rings. The second kappa shape index (κ2) is 10.3. The molecule has 2 amide bonds. The molecule has 3 atom stereocenters. The van der Waals surface area contributed by atoms with E-state index in [2.05, 4.69) is 14.7 Å². The van der Waals surface area contributed by atoms with E-state index in [4.69, 9.17) is 15.2 Å². The van der Waals surface area contributed by atoms with Crippen molar-refractivity contribution in [3.05, 3.63) is 11.7 Å². The fourth-order valence-electron chi connectivity index (χ4n) is 5.02. The topological polar surface area (TPSA) is 138 Å². The lowest BCUT2D eigenvalue weighted by Gasteiger charge is -2.45. The average Bonchev–Trinajstić information content (AvgIpc) is 3.33. The molecule has 1 aromatic rings. The molecule has 1 aliphatic carbocycles. The summed E-state index contributed by atoms with van der Waals surface area (Å²) in [5, 5.41) is 3.20. The van der Waals surface area contributed by atoms with Crippen LogP contribution in [0.15, 0.2) is 4.52 Å². The predicted molar refractivity (Wildman–Crippen MR) is 109 cm³/mol. The Kier molecular flexibility index (Phi) is 7.84. The third kappa shape index (κ3) is 5.18. The Morgan fingerprint density at radius 1 is 1.12 bits per heavy atom. The molecule has 1 saturated carbocycles. The van der Waals surface area contributed by atoms with Gasteiger partial charge in [0.25, 0.3) is 0 Å². The normalized spacial score (nSPS) is 21.4. The van der Waals surface area contributed by atoms with E-state index < -0.39 is 53.1 Å². The first kappa shape index (κ1) is 25.9. The smallest absolute Gasteiger partial charge is 0.433 e. The minimum absolute atomic E-state index is 0.147. The van der Waals surface area contributed by atoms with Gasteiger partial charge in [-0.3, -0.25) is 9.59 Å². The Balaban J connectivity index is 2.09. The van der Waals surface area contributed by atoms with E-state index >= 15 is 0 Å². The number of nitrogens with zero attached hydrogens (tertiary/aromatic N) is 3. The summed E-state index contributed by atoms with van der Waals surface area (Å²) < 4.78 is 54.2. The summed E-state index contributed by atoms with van der Waals surface area (Å²) in [6, 6.07) is 0. The van der Waals surface area contributed by atoms with Gasteiger partial charge in [0.2, 0.25) is 17.5 Å². The molecule has 190 valence electrons. The number of carbonyl (C=O) groups excluding carboxylic acids is 3. The highest BCUT2D eigenvalue weighted by Gasteiger charge is 2.58. The molecule has 2 aliphatic rings. The van der Waals surface area contributed by atoms with Crippen molar-refractivity contribution < 1.29 is 41.6 Å². The molecule has 1 aromatic heterocycles. The van der Waals surface area contributed by atoms with Crippen LogP contribution in [-0.4, -0.2) is 64.7 Å². The van der Waals surface area contributed by atoms with Crippen LogP contribution in [0.5, 0.6) is 0 Å². The number of halogens is 3. The number of alkyl halides is 3. The van der Waals surface area contributed by atoms with Gasteiger partial charge in [0, 0.05) is 19.0 Å². The van der Waals surface area contributed by atoms with Crippen LogP contribution in [0.4, 0.5) is 18.0 Å². The molecule has 2 N–H and O–H groups in total. The monoisotopic (exact) mass is 490 g/mol. The van der Waals surface area contributed by atoms with Crippen molar-refractivity contribution in [3.63, 3.8) is 0 Å². The number of primary amides is 1. The third-order valence-corrected chi connectivity index (χ3v) is 6.87. The van der Waals surface area contributed by atoms with Gasteiger partial charge < -0.3 is 24.6 Å². The van der Waals surface area contributed by atoms with Gasteiger partial charge in [-0.1, -0.05) is 44.2 Å². The summed E-state index contributed by atoms with van der Waals surface area (Å²) in [7, 11) is 0. The van der Waals surface area contributed by atoms with Crippen LogP contribution >= 0.6 is 0 Å². The first-order valence-electron chi connectivity index (χ1n) is 11.3. The number of nitrogens with two attached hydrogens (primary N) is 1. The number of ether oxygens (including phenoxy) is 2. The van der Waals surface area contributed by atoms with Crippen molar-refractivity contribution in [3.8, 4) is 0 Å². The van der Waals surface area contributed by atoms with Crippen LogP contribution in [0.25, 0.3) is 0 Å². The summed E-state index contributed by atoms with van der Waals surface area (Å²) in [6.07, 6.45) is -2.22. The maximum Gasteiger partial charge on any atom is 0.471 e. The second-order valence-corrected chi connectivity index (χ2v) is 8.81. The molecule has 34 heavy (non-hydrogen) atoms. The van der Waals surface area contributed by atoms with Gasteiger partial charge in [0.1, 0.15) is 0 Å². The first-order valence-corrected chi connectivity index (χ1v) is 11.3. The molecule has 0 bridgehead atoms. The van der Waals surface area contributed by atoms with Gasteiger partial charge in [-0.15, -0.1) is 0 Å². The largest absolute Gasteiger partial charge is 0.471 e. The van der Waals surface area contributed by atoms with Crippen LogP contribution in [-0.2, 0) is 20.4 Å². The quantitative estimate of drug-likeness (QED) is 0.576. The summed E-state index contributed by atoms with van der Waals surface area (Å²) in [6.45, 7) is 4.12. The molecule has 0 aromatic carbocycles. The van der Waals surface area contributed by atoms with Crippen molar-refractivity contribution in [1.82, 2.24) is 15.0 Å². The van der Waals surface area contributed by atoms with Crippen molar-refractivity contribution >= 4 is 17.8 Å². The molecule has 0 radical (unpaired) electrons. The van der Waals surface area contributed by atoms with E-state index in [0.29, 0.717) is 12.8 Å². The van der Waals surface area contributed by atoms with Gasteiger partial charge in [-0.25, -0.2) is 4.79 Å². The van der Waals surface area contributed by atoms with Gasteiger partial charge >= 0.3 is 18.2 Å². The van der Waals surface area contributed by atoms with Crippen molar-refractivity contribution in [1.29, 1.82) is 0 Å². The molecular formula is C21H29F3N4O6. The van der Waals surface area contributed by atoms with E-state index in [-0.39, 0.29) is 32.2 Å². The molecule has 1 aliphatic heterocycles. The molecule has 0 spiro atoms. The standard InChI is InChI=1S/C21H29F3N4O6/c1-12(14-6-4-3-5-7-14)20(33-19(25)31,13(2)17(30)28-8-10-32-11-9-28)15(29)16-26-18(34-27-16)21(22,23)24/h12-14H,3-11H2,1-2H3,(H2,25,31). The molecule has 1 saturated heterocycles. The highest BCUT2D eigenvalue weighted by Crippen LogP contribution is 2.44. The molecule has 10 nitrogen and oxygen atoms in total. The fraction of sp³-hybridized carbons (Fsp3) is 0.762. The minimum Gasteiger partial charge on any atom is -0.433 e. The highest BCUT2D eigenvalue weighted by molar-refractivity contribution is 6.04. The SMILES string of the molecule is CC(C(=O)N1CCOCC1)C(OC(N)=O)(C(=O)c1noc(C(F)(F)F)n1)C(C)C1CCCCC1. The Morgan fingerprint density at radius 2 is 1.74 bits per heavy atom. The van der Waals surface area contributed by atoms with Gasteiger partial charge in [0.05, 0.1) is 19.1 Å². The second-order valence-electron chi connectivity index (χ2n) is 8.81. The third-order valence-electron chi connectivity index (χ3n) is 6.87. The number of Topliss-reactive ketones (excluding diaryl/α,β-unsaturated/α-hetero) is 1. The zero-order valence-electron chi connectivity index (χ0n) is 19.1. The number of hydrogen-bond acceptors (Lipinski definition) is 8. The Hall–Kier alpha value is -2.70. The minimum atomic E-state index is -4.98. The van der Waals surface area contributed by atoms with Crippen LogP contribution in [0.2, 0.25) is 0 Å².